The number of nitrogens with zero attached hydrogens (tertiary/aromatic N) is 1. The fourth-order valence-electron chi connectivity index (χ4n) is 1.75. The van der Waals surface area contributed by atoms with Crippen LogP contribution in [-0.2, 0) is 14.8 Å². The van der Waals surface area contributed by atoms with Gasteiger partial charge in [-0.05, 0) is 18.8 Å². The molecule has 0 aromatic rings. The standard InChI is InChI=1S/C9H17BrN2O3S/c1-8(13)11-6-9-2-4-12(5-3-9)16(14,15)7-10/h9H,2-7H2,1H3,(H,11,13). The van der Waals surface area contributed by atoms with Crippen LogP contribution in [0.1, 0.15) is 19.8 Å². The number of hydrogen-bond acceptors (Lipinski definition) is 3. The molecule has 1 rings (SSSR count). The third-order valence-electron chi connectivity index (χ3n) is 2.74. The summed E-state index contributed by atoms with van der Waals surface area (Å²) in [5.74, 6) is 0.362. The molecule has 0 unspecified atom stereocenters. The van der Waals surface area contributed by atoms with Gasteiger partial charge in [0.1, 0.15) is 4.66 Å². The van der Waals surface area contributed by atoms with Gasteiger partial charge < -0.3 is 5.32 Å². The number of piperidine rings is 1. The van der Waals surface area contributed by atoms with Crippen molar-refractivity contribution < 1.29 is 13.2 Å². The molecule has 0 spiro atoms. The second kappa shape index (κ2) is 5.97. The van der Waals surface area contributed by atoms with Gasteiger partial charge in [0.25, 0.3) is 0 Å². The van der Waals surface area contributed by atoms with Gasteiger partial charge >= 0.3 is 0 Å². The topological polar surface area (TPSA) is 66.5 Å². The van der Waals surface area contributed by atoms with E-state index in [1.165, 1.54) is 11.2 Å². The molecule has 0 aliphatic carbocycles. The monoisotopic (exact) mass is 312 g/mol. The summed E-state index contributed by atoms with van der Waals surface area (Å²) in [4.78, 5) is 10.7. The molecule has 0 radical (unpaired) electrons. The van der Waals surface area contributed by atoms with Crippen LogP contribution < -0.4 is 5.32 Å². The van der Waals surface area contributed by atoms with Gasteiger partial charge in [0.2, 0.25) is 15.9 Å². The van der Waals surface area contributed by atoms with Crippen molar-refractivity contribution in [1.29, 1.82) is 0 Å². The lowest BCUT2D eigenvalue weighted by molar-refractivity contribution is -0.119. The Morgan fingerprint density at radius 3 is 2.44 bits per heavy atom. The summed E-state index contributed by atoms with van der Waals surface area (Å²) in [7, 11) is -3.11. The Balaban J connectivity index is 2.37. The first kappa shape index (κ1) is 13.9. The van der Waals surface area contributed by atoms with Gasteiger partial charge in [-0.15, -0.1) is 0 Å². The molecule has 0 bridgehead atoms. The summed E-state index contributed by atoms with van der Waals surface area (Å²) in [6.07, 6.45) is 1.62. The number of rotatable bonds is 4. The number of hydrogen-bond donors (Lipinski definition) is 1. The maximum Gasteiger partial charge on any atom is 0.224 e. The van der Waals surface area contributed by atoms with E-state index < -0.39 is 10.0 Å². The summed E-state index contributed by atoms with van der Waals surface area (Å²) in [5.41, 5.74) is 0. The zero-order chi connectivity index (χ0) is 12.2. The minimum Gasteiger partial charge on any atom is -0.356 e. The Kier molecular flexibility index (Phi) is 5.20. The predicted molar refractivity (Wildman–Crippen MR) is 65.7 cm³/mol. The Labute approximate surface area is 105 Å². The second-order valence-corrected chi connectivity index (χ2v) is 7.27. The molecule has 1 heterocycles. The first-order valence-electron chi connectivity index (χ1n) is 5.24. The van der Waals surface area contributed by atoms with Crippen molar-refractivity contribution in [3.63, 3.8) is 0 Å². The third-order valence-corrected chi connectivity index (χ3v) is 5.91. The first-order chi connectivity index (χ1) is 7.45. The smallest absolute Gasteiger partial charge is 0.224 e. The predicted octanol–water partition coefficient (Wildman–Crippen LogP) is 0.517. The van der Waals surface area contributed by atoms with Crippen LogP contribution in [-0.4, -0.2) is 42.9 Å². The number of carbonyl (C=O) groups is 1. The Morgan fingerprint density at radius 2 is 2.00 bits per heavy atom. The SMILES string of the molecule is CC(=O)NCC1CCN(S(=O)(=O)CBr)CC1. The molecular formula is C9H17BrN2O3S. The minimum atomic E-state index is -3.11. The average molecular weight is 313 g/mol. The summed E-state index contributed by atoms with van der Waals surface area (Å²) in [6, 6.07) is 0. The lowest BCUT2D eigenvalue weighted by Crippen LogP contribution is -2.41. The fraction of sp³-hybridized carbons (Fsp3) is 0.889. The Bertz CT molecular complexity index is 337. The molecule has 5 nitrogen and oxygen atoms in total. The molecule has 0 saturated carbocycles. The van der Waals surface area contributed by atoms with E-state index in [2.05, 4.69) is 21.2 Å². The Morgan fingerprint density at radius 1 is 1.44 bits per heavy atom. The van der Waals surface area contributed by atoms with Gasteiger partial charge in [0.05, 0.1) is 0 Å². The highest BCUT2D eigenvalue weighted by Gasteiger charge is 2.26. The van der Waals surface area contributed by atoms with E-state index in [-0.39, 0.29) is 10.6 Å². The average Bonchev–Trinajstić information content (AvgIpc) is 2.27. The van der Waals surface area contributed by atoms with E-state index in [4.69, 9.17) is 0 Å². The van der Waals surface area contributed by atoms with Crippen LogP contribution in [0.25, 0.3) is 0 Å². The van der Waals surface area contributed by atoms with Crippen molar-refractivity contribution in [2.45, 2.75) is 19.8 Å². The van der Waals surface area contributed by atoms with Crippen molar-refractivity contribution in [3.8, 4) is 0 Å². The molecule has 0 aromatic heterocycles. The van der Waals surface area contributed by atoms with Gasteiger partial charge in [-0.1, -0.05) is 15.9 Å². The number of amides is 1. The molecule has 0 aromatic carbocycles. The second-order valence-electron chi connectivity index (χ2n) is 4.00. The zero-order valence-electron chi connectivity index (χ0n) is 9.28. The van der Waals surface area contributed by atoms with Crippen LogP contribution in [0.5, 0.6) is 0 Å². The third kappa shape index (κ3) is 4.03. The summed E-state index contributed by atoms with van der Waals surface area (Å²) in [5, 5.41) is 2.77. The number of alkyl halides is 1. The largest absolute Gasteiger partial charge is 0.356 e. The molecule has 1 aliphatic heterocycles. The van der Waals surface area contributed by atoms with E-state index in [0.29, 0.717) is 25.6 Å². The molecule has 1 aliphatic rings. The molecule has 1 amide bonds. The lowest BCUT2D eigenvalue weighted by Gasteiger charge is -2.30. The van der Waals surface area contributed by atoms with Crippen LogP contribution in [0.4, 0.5) is 0 Å². The number of sulfonamides is 1. The fourth-order valence-corrected chi connectivity index (χ4v) is 3.52. The molecule has 1 saturated heterocycles. The van der Waals surface area contributed by atoms with Gasteiger partial charge in [0.15, 0.2) is 0 Å². The van der Waals surface area contributed by atoms with Crippen LogP contribution in [0.15, 0.2) is 0 Å². The molecular weight excluding hydrogens is 296 g/mol. The van der Waals surface area contributed by atoms with Crippen LogP contribution in [0.2, 0.25) is 0 Å². The lowest BCUT2D eigenvalue weighted by atomic mass is 9.98. The van der Waals surface area contributed by atoms with Crippen molar-refractivity contribution in [1.82, 2.24) is 9.62 Å². The van der Waals surface area contributed by atoms with E-state index in [1.54, 1.807) is 0 Å². The molecule has 1 fully saturated rings. The normalized spacial score (nSPS) is 19.6. The number of carbonyl (C=O) groups excluding carboxylic acids is 1. The summed E-state index contributed by atoms with van der Waals surface area (Å²) in [6.45, 7) is 3.25. The molecule has 0 atom stereocenters. The van der Waals surface area contributed by atoms with Crippen LogP contribution in [0.3, 0.4) is 0 Å². The number of nitrogens with one attached hydrogen (secondary N) is 1. The van der Waals surface area contributed by atoms with E-state index in [0.717, 1.165) is 12.8 Å². The Hall–Kier alpha value is -0.140. The van der Waals surface area contributed by atoms with E-state index in [1.807, 2.05) is 0 Å². The molecule has 1 N–H and O–H groups in total. The van der Waals surface area contributed by atoms with Crippen molar-refractivity contribution >= 4 is 31.9 Å². The zero-order valence-corrected chi connectivity index (χ0v) is 11.7. The van der Waals surface area contributed by atoms with Gasteiger partial charge in [-0.2, -0.15) is 0 Å². The first-order valence-corrected chi connectivity index (χ1v) is 7.97. The summed E-state index contributed by atoms with van der Waals surface area (Å²) >= 11 is 2.98. The molecule has 7 heteroatoms. The minimum absolute atomic E-state index is 0.0175. The maximum atomic E-state index is 11.5. The van der Waals surface area contributed by atoms with Gasteiger partial charge in [-0.25, -0.2) is 12.7 Å². The quantitative estimate of drug-likeness (QED) is 0.769. The van der Waals surface area contributed by atoms with Crippen molar-refractivity contribution in [2.24, 2.45) is 5.92 Å². The van der Waals surface area contributed by atoms with E-state index >= 15 is 0 Å². The summed E-state index contributed by atoms with van der Waals surface area (Å²) < 4.78 is 24.6. The maximum absolute atomic E-state index is 11.5. The highest BCUT2D eigenvalue weighted by atomic mass is 79.9. The van der Waals surface area contributed by atoms with Crippen LogP contribution >= 0.6 is 15.9 Å². The highest BCUT2D eigenvalue weighted by Crippen LogP contribution is 2.19. The number of halogens is 1. The van der Waals surface area contributed by atoms with Gasteiger partial charge in [0, 0.05) is 26.6 Å². The van der Waals surface area contributed by atoms with Crippen molar-refractivity contribution in [3.05, 3.63) is 0 Å². The highest BCUT2D eigenvalue weighted by molar-refractivity contribution is 9.10. The van der Waals surface area contributed by atoms with Crippen LogP contribution in [0, 0.1) is 5.92 Å². The van der Waals surface area contributed by atoms with Gasteiger partial charge in [-0.3, -0.25) is 4.79 Å². The van der Waals surface area contributed by atoms with Crippen molar-refractivity contribution in [2.75, 3.05) is 24.3 Å². The van der Waals surface area contributed by atoms with E-state index in [9.17, 15) is 13.2 Å². The molecule has 16 heavy (non-hydrogen) atoms. The molecule has 94 valence electrons.